The normalized spacial score (nSPS) is 21.8. The van der Waals surface area contributed by atoms with E-state index in [9.17, 15) is 24.0 Å². The number of hydrazine groups is 1. The summed E-state index contributed by atoms with van der Waals surface area (Å²) in [5.74, 6) is -3.23. The Kier molecular flexibility index (Phi) is 6.42. The number of ether oxygens (including phenoxy) is 1. The standard InChI is InChI=1S/C22H27N3O6/c1-22(2,3)31-21(30)16-10-7-13-24-17(26)12-11-15(20(29)25(16)24)23-19(28)18(27)14-8-5-4-6-9-14/h4-6,8-9,15-16H,7,10-13H2,1-3H3,(H,23,28)/t15-,16-/m0/s1. The van der Waals surface area contributed by atoms with Gasteiger partial charge < -0.3 is 10.1 Å². The number of nitrogens with one attached hydrogen (secondary N) is 1. The summed E-state index contributed by atoms with van der Waals surface area (Å²) in [7, 11) is 0. The fraction of sp³-hybridized carbons (Fsp3) is 0.500. The van der Waals surface area contributed by atoms with Gasteiger partial charge in [0.2, 0.25) is 11.7 Å². The summed E-state index contributed by atoms with van der Waals surface area (Å²) in [6.45, 7) is 5.46. The fourth-order valence-corrected chi connectivity index (χ4v) is 3.70. The molecule has 2 atom stereocenters. The number of ketones is 1. The van der Waals surface area contributed by atoms with Crippen molar-refractivity contribution >= 4 is 29.5 Å². The number of nitrogens with zero attached hydrogens (tertiary/aromatic N) is 2. The van der Waals surface area contributed by atoms with Gasteiger partial charge in [-0.05, 0) is 40.0 Å². The number of carbonyl (C=O) groups is 5. The Bertz CT molecular complexity index is 892. The molecule has 2 aliphatic rings. The van der Waals surface area contributed by atoms with Crippen LogP contribution in [0.15, 0.2) is 30.3 Å². The maximum atomic E-state index is 13.3. The first kappa shape index (κ1) is 22.5. The Hall–Kier alpha value is -3.23. The molecule has 0 radical (unpaired) electrons. The molecule has 1 N–H and O–H groups in total. The lowest BCUT2D eigenvalue weighted by atomic mass is 10.1. The average Bonchev–Trinajstić information content (AvgIpc) is 2.84. The van der Waals surface area contributed by atoms with E-state index in [1.54, 1.807) is 39.0 Å². The molecule has 0 aliphatic carbocycles. The molecule has 0 saturated carbocycles. The molecule has 31 heavy (non-hydrogen) atoms. The molecule has 0 spiro atoms. The van der Waals surface area contributed by atoms with Crippen LogP contribution in [0.5, 0.6) is 0 Å². The number of hydrogen-bond donors (Lipinski definition) is 1. The van der Waals surface area contributed by atoms with E-state index in [-0.39, 0.29) is 24.3 Å². The molecular weight excluding hydrogens is 402 g/mol. The Morgan fingerprint density at radius 3 is 2.39 bits per heavy atom. The second-order valence-corrected chi connectivity index (χ2v) is 8.65. The molecule has 0 aromatic heterocycles. The van der Waals surface area contributed by atoms with Crippen molar-refractivity contribution in [2.45, 2.75) is 64.1 Å². The summed E-state index contributed by atoms with van der Waals surface area (Å²) in [5.41, 5.74) is -0.558. The molecule has 3 amide bonds. The minimum atomic E-state index is -1.10. The molecule has 2 heterocycles. The lowest BCUT2D eigenvalue weighted by molar-refractivity contribution is -0.187. The van der Waals surface area contributed by atoms with Crippen molar-refractivity contribution in [3.05, 3.63) is 35.9 Å². The van der Waals surface area contributed by atoms with Crippen LogP contribution in [0.1, 0.15) is 56.8 Å². The third-order valence-corrected chi connectivity index (χ3v) is 5.09. The topological polar surface area (TPSA) is 113 Å². The third-order valence-electron chi connectivity index (χ3n) is 5.09. The van der Waals surface area contributed by atoms with Crippen LogP contribution < -0.4 is 5.32 Å². The quantitative estimate of drug-likeness (QED) is 0.438. The summed E-state index contributed by atoms with van der Waals surface area (Å²) in [4.78, 5) is 63.6. The second kappa shape index (κ2) is 8.87. The Labute approximate surface area is 180 Å². The van der Waals surface area contributed by atoms with E-state index in [1.165, 1.54) is 17.1 Å². The molecule has 2 aliphatic heterocycles. The number of Topliss-reactive ketones (excluding diaryl/α,β-unsaturated/α-hetero) is 1. The molecule has 9 heteroatoms. The van der Waals surface area contributed by atoms with E-state index in [2.05, 4.69) is 5.32 Å². The van der Waals surface area contributed by atoms with E-state index in [0.29, 0.717) is 19.4 Å². The first-order chi connectivity index (χ1) is 14.6. The van der Waals surface area contributed by atoms with Crippen molar-refractivity contribution in [3.63, 3.8) is 0 Å². The van der Waals surface area contributed by atoms with Gasteiger partial charge in [-0.2, -0.15) is 0 Å². The van der Waals surface area contributed by atoms with Gasteiger partial charge in [0.15, 0.2) is 6.04 Å². The highest BCUT2D eigenvalue weighted by Crippen LogP contribution is 2.26. The van der Waals surface area contributed by atoms with Crippen LogP contribution in [-0.2, 0) is 23.9 Å². The molecule has 3 rings (SSSR count). The Morgan fingerprint density at radius 2 is 1.74 bits per heavy atom. The van der Waals surface area contributed by atoms with Crippen LogP contribution in [0.4, 0.5) is 0 Å². The van der Waals surface area contributed by atoms with Gasteiger partial charge in [0, 0.05) is 18.5 Å². The summed E-state index contributed by atoms with van der Waals surface area (Å²) in [5, 5.41) is 4.84. The van der Waals surface area contributed by atoms with Crippen LogP contribution in [0.2, 0.25) is 0 Å². The minimum Gasteiger partial charge on any atom is -0.458 e. The highest BCUT2D eigenvalue weighted by molar-refractivity contribution is 6.43. The maximum absolute atomic E-state index is 13.3. The van der Waals surface area contributed by atoms with Crippen LogP contribution in [0.3, 0.4) is 0 Å². The van der Waals surface area contributed by atoms with E-state index < -0.39 is 41.3 Å². The van der Waals surface area contributed by atoms with Crippen molar-refractivity contribution in [1.82, 2.24) is 15.3 Å². The summed E-state index contributed by atoms with van der Waals surface area (Å²) in [6.07, 6.45) is 0.935. The molecule has 2 fully saturated rings. The molecule has 1 aromatic carbocycles. The molecule has 166 valence electrons. The molecule has 0 unspecified atom stereocenters. The average molecular weight is 429 g/mol. The number of amides is 3. The van der Waals surface area contributed by atoms with Crippen molar-refractivity contribution < 1.29 is 28.7 Å². The Balaban J connectivity index is 1.81. The molecular formula is C22H27N3O6. The highest BCUT2D eigenvalue weighted by atomic mass is 16.6. The number of benzene rings is 1. The van der Waals surface area contributed by atoms with Crippen molar-refractivity contribution in [1.29, 1.82) is 0 Å². The lowest BCUT2D eigenvalue weighted by Crippen LogP contribution is -2.63. The van der Waals surface area contributed by atoms with Gasteiger partial charge in [-0.3, -0.25) is 24.2 Å². The van der Waals surface area contributed by atoms with E-state index in [4.69, 9.17) is 4.74 Å². The zero-order valence-corrected chi connectivity index (χ0v) is 17.9. The summed E-state index contributed by atoms with van der Waals surface area (Å²) < 4.78 is 5.45. The van der Waals surface area contributed by atoms with Gasteiger partial charge in [-0.15, -0.1) is 0 Å². The van der Waals surface area contributed by atoms with Gasteiger partial charge in [0.05, 0.1) is 0 Å². The zero-order chi connectivity index (χ0) is 22.8. The van der Waals surface area contributed by atoms with Crippen LogP contribution in [0.25, 0.3) is 0 Å². The summed E-state index contributed by atoms with van der Waals surface area (Å²) in [6, 6.07) is 5.93. The third kappa shape index (κ3) is 5.10. The predicted molar refractivity (Wildman–Crippen MR) is 109 cm³/mol. The van der Waals surface area contributed by atoms with E-state index in [0.717, 1.165) is 5.01 Å². The largest absolute Gasteiger partial charge is 0.458 e. The van der Waals surface area contributed by atoms with Gasteiger partial charge in [-0.1, -0.05) is 30.3 Å². The number of rotatable bonds is 4. The van der Waals surface area contributed by atoms with Gasteiger partial charge in [-0.25, -0.2) is 9.80 Å². The number of hydrogen-bond acceptors (Lipinski definition) is 6. The molecule has 1 aromatic rings. The van der Waals surface area contributed by atoms with Crippen molar-refractivity contribution in [3.8, 4) is 0 Å². The smallest absolute Gasteiger partial charge is 0.331 e. The molecule has 0 bridgehead atoms. The first-order valence-corrected chi connectivity index (χ1v) is 10.3. The fourth-order valence-electron chi connectivity index (χ4n) is 3.70. The first-order valence-electron chi connectivity index (χ1n) is 10.3. The van der Waals surface area contributed by atoms with E-state index >= 15 is 0 Å². The molecule has 9 nitrogen and oxygen atoms in total. The number of carbonyl (C=O) groups excluding carboxylic acids is 5. The minimum absolute atomic E-state index is 0.00769. The Morgan fingerprint density at radius 1 is 1.06 bits per heavy atom. The molecule has 2 saturated heterocycles. The second-order valence-electron chi connectivity index (χ2n) is 8.65. The predicted octanol–water partition coefficient (Wildman–Crippen LogP) is 1.22. The zero-order valence-electron chi connectivity index (χ0n) is 17.9. The number of esters is 1. The van der Waals surface area contributed by atoms with Crippen molar-refractivity contribution in [2.75, 3.05) is 6.54 Å². The maximum Gasteiger partial charge on any atom is 0.331 e. The van der Waals surface area contributed by atoms with Crippen molar-refractivity contribution in [2.24, 2.45) is 0 Å². The monoisotopic (exact) mass is 429 g/mol. The van der Waals surface area contributed by atoms with E-state index in [1.807, 2.05) is 0 Å². The van der Waals surface area contributed by atoms with Gasteiger partial charge in [0.25, 0.3) is 11.8 Å². The SMILES string of the molecule is CC(C)(C)OC(=O)[C@@H]1CCCN2C(=O)CC[C@H](NC(=O)C(=O)c3ccccc3)C(=O)N12. The van der Waals surface area contributed by atoms with Crippen LogP contribution in [-0.4, -0.2) is 63.7 Å². The number of fused-ring (bicyclic) bond motifs is 1. The highest BCUT2D eigenvalue weighted by Gasteiger charge is 2.46. The lowest BCUT2D eigenvalue weighted by Gasteiger charge is -2.43. The van der Waals surface area contributed by atoms with Crippen LogP contribution >= 0.6 is 0 Å². The van der Waals surface area contributed by atoms with Gasteiger partial charge in [0.1, 0.15) is 11.6 Å². The van der Waals surface area contributed by atoms with Crippen LogP contribution in [0, 0.1) is 0 Å². The summed E-state index contributed by atoms with van der Waals surface area (Å²) >= 11 is 0. The van der Waals surface area contributed by atoms with Gasteiger partial charge >= 0.3 is 5.97 Å².